The van der Waals surface area contributed by atoms with Crippen molar-refractivity contribution in [2.75, 3.05) is 25.7 Å². The van der Waals surface area contributed by atoms with Gasteiger partial charge in [-0.15, -0.1) is 0 Å². The van der Waals surface area contributed by atoms with E-state index < -0.39 is 5.91 Å². The Morgan fingerprint density at radius 3 is 2.72 bits per heavy atom. The number of carbonyl (C=O) groups excluding carboxylic acids is 1. The van der Waals surface area contributed by atoms with Gasteiger partial charge in [-0.1, -0.05) is 40.2 Å². The maximum Gasteiger partial charge on any atom is 0.283 e. The molecule has 0 fully saturated rings. The summed E-state index contributed by atoms with van der Waals surface area (Å²) in [5.41, 5.74) is 0.822. The van der Waals surface area contributed by atoms with Gasteiger partial charge in [-0.3, -0.25) is 10.2 Å². The maximum absolute atomic E-state index is 12.6. The number of para-hydroxylation sites is 1. The Labute approximate surface area is 197 Å². The topological polar surface area (TPSA) is 96.6 Å². The lowest BCUT2D eigenvalue weighted by Gasteiger charge is -2.20. The van der Waals surface area contributed by atoms with Crippen molar-refractivity contribution >= 4 is 55.7 Å². The average molecular weight is 515 g/mol. The molecule has 0 radical (unpaired) electrons. The van der Waals surface area contributed by atoms with Crippen LogP contribution in [0.5, 0.6) is 17.2 Å². The van der Waals surface area contributed by atoms with E-state index in [4.69, 9.17) is 19.6 Å². The van der Waals surface area contributed by atoms with Crippen LogP contribution >= 0.6 is 27.7 Å². The third kappa shape index (κ3) is 4.86. The summed E-state index contributed by atoms with van der Waals surface area (Å²) in [4.78, 5) is 16.7. The number of benzene rings is 2. The number of amides is 1. The van der Waals surface area contributed by atoms with Crippen molar-refractivity contribution in [3.8, 4) is 17.2 Å². The van der Waals surface area contributed by atoms with Gasteiger partial charge in [0.15, 0.2) is 17.3 Å². The fourth-order valence-corrected chi connectivity index (χ4v) is 3.92. The van der Waals surface area contributed by atoms with Crippen LogP contribution in [0.25, 0.3) is 6.08 Å². The molecule has 10 heteroatoms. The minimum Gasteiger partial charge on any atom is -0.493 e. The molecule has 0 aliphatic carbocycles. The number of nitrogens with one attached hydrogen (secondary N) is 1. The summed E-state index contributed by atoms with van der Waals surface area (Å²) in [6.45, 7) is 0.718. The number of carbonyl (C=O) groups is 1. The van der Waals surface area contributed by atoms with Gasteiger partial charge in [0.05, 0.1) is 19.3 Å². The summed E-state index contributed by atoms with van der Waals surface area (Å²) in [5.74, 6) is 1.32. The molecule has 1 N–H and O–H groups in total. The second-order valence-corrected chi connectivity index (χ2v) is 8.40. The standard InChI is InChI=1S/C22H19BrN4O4S/c1-29-18-12-14(7-8-17(18)30-10-9-23)11-16-20(24)27-22(25-21(16)28)32-19(26-27)13-31-15-5-3-2-4-6-15/h2-8,11-12,24H,9-10,13H2,1H3/b16-11-,24-20?. The van der Waals surface area contributed by atoms with Crippen LogP contribution in [0.3, 0.4) is 0 Å². The quantitative estimate of drug-likeness (QED) is 0.419. The van der Waals surface area contributed by atoms with E-state index in [1.54, 1.807) is 31.4 Å². The number of hydrogen-bond acceptors (Lipinski definition) is 7. The molecule has 0 bridgehead atoms. The highest BCUT2D eigenvalue weighted by Gasteiger charge is 2.35. The summed E-state index contributed by atoms with van der Waals surface area (Å²) in [7, 11) is 1.55. The molecule has 4 rings (SSSR count). The lowest BCUT2D eigenvalue weighted by Crippen LogP contribution is -2.35. The van der Waals surface area contributed by atoms with E-state index in [2.05, 4.69) is 26.0 Å². The number of amidine groups is 2. The molecule has 2 aliphatic rings. The highest BCUT2D eigenvalue weighted by Crippen LogP contribution is 2.31. The van der Waals surface area contributed by atoms with Crippen LogP contribution in [-0.4, -0.2) is 52.6 Å². The van der Waals surface area contributed by atoms with Crippen LogP contribution in [0, 0.1) is 5.41 Å². The van der Waals surface area contributed by atoms with Crippen LogP contribution in [0.2, 0.25) is 0 Å². The molecule has 0 unspecified atom stereocenters. The fourth-order valence-electron chi connectivity index (χ4n) is 2.96. The zero-order valence-corrected chi connectivity index (χ0v) is 19.5. The molecular weight excluding hydrogens is 496 g/mol. The van der Waals surface area contributed by atoms with Gasteiger partial charge < -0.3 is 14.2 Å². The number of aliphatic imine (C=N–C) groups is 1. The molecule has 2 aliphatic heterocycles. The minimum absolute atomic E-state index is 0.0409. The predicted molar refractivity (Wildman–Crippen MR) is 129 cm³/mol. The summed E-state index contributed by atoms with van der Waals surface area (Å²) >= 11 is 4.54. The zero-order valence-electron chi connectivity index (χ0n) is 17.1. The molecule has 164 valence electrons. The van der Waals surface area contributed by atoms with Gasteiger partial charge in [0.1, 0.15) is 17.4 Å². The van der Waals surface area contributed by atoms with E-state index in [0.29, 0.717) is 45.0 Å². The van der Waals surface area contributed by atoms with Crippen LogP contribution in [0.15, 0.2) is 64.2 Å². The minimum atomic E-state index is -0.493. The smallest absolute Gasteiger partial charge is 0.283 e. The van der Waals surface area contributed by atoms with Crippen molar-refractivity contribution in [3.63, 3.8) is 0 Å². The first-order valence-corrected chi connectivity index (χ1v) is 11.6. The Balaban J connectivity index is 1.52. The van der Waals surface area contributed by atoms with Gasteiger partial charge in [0, 0.05) is 5.33 Å². The molecule has 0 spiro atoms. The van der Waals surface area contributed by atoms with Crippen molar-refractivity contribution < 1.29 is 19.0 Å². The summed E-state index contributed by atoms with van der Waals surface area (Å²) in [6.07, 6.45) is 1.60. The largest absolute Gasteiger partial charge is 0.493 e. The van der Waals surface area contributed by atoms with E-state index in [1.165, 1.54) is 16.8 Å². The summed E-state index contributed by atoms with van der Waals surface area (Å²) < 4.78 is 16.7. The lowest BCUT2D eigenvalue weighted by molar-refractivity contribution is -0.114. The highest BCUT2D eigenvalue weighted by molar-refractivity contribution is 9.09. The number of thioether (sulfide) groups is 1. The van der Waals surface area contributed by atoms with Crippen LogP contribution in [0.1, 0.15) is 5.56 Å². The van der Waals surface area contributed by atoms with Crippen molar-refractivity contribution in [1.82, 2.24) is 5.01 Å². The SMILES string of the molecule is COc1cc(/C=C2/C(=N)N3N=C(COc4ccccc4)SC3=NC2=O)ccc1OCCBr. The van der Waals surface area contributed by atoms with Gasteiger partial charge >= 0.3 is 0 Å². The van der Waals surface area contributed by atoms with Crippen molar-refractivity contribution in [3.05, 3.63) is 59.7 Å². The van der Waals surface area contributed by atoms with Gasteiger partial charge in [-0.05, 0) is 47.7 Å². The second kappa shape index (κ2) is 10.0. The number of hydrazone groups is 1. The Morgan fingerprint density at radius 2 is 1.97 bits per heavy atom. The van der Waals surface area contributed by atoms with Crippen LogP contribution in [-0.2, 0) is 4.79 Å². The number of fused-ring (bicyclic) bond motifs is 1. The fraction of sp³-hybridized carbons (Fsp3) is 0.182. The monoisotopic (exact) mass is 514 g/mol. The van der Waals surface area contributed by atoms with Crippen LogP contribution in [0.4, 0.5) is 0 Å². The molecule has 2 aromatic carbocycles. The summed E-state index contributed by atoms with van der Waals surface area (Å²) in [5, 5.41) is 15.9. The molecule has 1 amide bonds. The number of halogens is 1. The molecule has 0 atom stereocenters. The van der Waals surface area contributed by atoms with Gasteiger partial charge in [0.2, 0.25) is 5.17 Å². The molecule has 2 heterocycles. The number of alkyl halides is 1. The third-order valence-corrected chi connectivity index (χ3v) is 5.64. The Kier molecular flexibility index (Phi) is 6.91. The summed E-state index contributed by atoms with van der Waals surface area (Å²) in [6, 6.07) is 14.7. The van der Waals surface area contributed by atoms with E-state index in [9.17, 15) is 4.79 Å². The van der Waals surface area contributed by atoms with Crippen molar-refractivity contribution in [1.29, 1.82) is 5.41 Å². The molecule has 0 aromatic heterocycles. The maximum atomic E-state index is 12.6. The number of nitrogens with zero attached hydrogens (tertiary/aromatic N) is 3. The normalized spacial score (nSPS) is 16.6. The Morgan fingerprint density at radius 1 is 1.16 bits per heavy atom. The molecule has 8 nitrogen and oxygen atoms in total. The van der Waals surface area contributed by atoms with Gasteiger partial charge in [-0.2, -0.15) is 15.1 Å². The number of hydrogen-bond donors (Lipinski definition) is 1. The Bertz CT molecular complexity index is 1130. The first-order valence-electron chi connectivity index (χ1n) is 9.63. The molecule has 2 aromatic rings. The van der Waals surface area contributed by atoms with E-state index in [0.717, 1.165) is 0 Å². The third-order valence-electron chi connectivity index (χ3n) is 4.44. The number of rotatable bonds is 8. The first-order chi connectivity index (χ1) is 15.6. The van der Waals surface area contributed by atoms with Gasteiger partial charge in [0.25, 0.3) is 5.91 Å². The number of methoxy groups -OCH3 is 1. The molecule has 0 saturated heterocycles. The molecule has 0 saturated carbocycles. The van der Waals surface area contributed by atoms with Crippen LogP contribution < -0.4 is 14.2 Å². The van der Waals surface area contributed by atoms with E-state index >= 15 is 0 Å². The Hall–Kier alpha value is -3.11. The average Bonchev–Trinajstić information content (AvgIpc) is 3.23. The van der Waals surface area contributed by atoms with Crippen molar-refractivity contribution in [2.24, 2.45) is 10.1 Å². The lowest BCUT2D eigenvalue weighted by atomic mass is 10.1. The van der Waals surface area contributed by atoms with Gasteiger partial charge in [-0.25, -0.2) is 0 Å². The van der Waals surface area contributed by atoms with E-state index in [-0.39, 0.29) is 18.0 Å². The predicted octanol–water partition coefficient (Wildman–Crippen LogP) is 4.17. The molecular formula is C22H19BrN4O4S. The molecule has 32 heavy (non-hydrogen) atoms. The highest BCUT2D eigenvalue weighted by atomic mass is 79.9. The van der Waals surface area contributed by atoms with E-state index in [1.807, 2.05) is 30.3 Å². The second-order valence-electron chi connectivity index (χ2n) is 6.56. The van der Waals surface area contributed by atoms with Crippen molar-refractivity contribution in [2.45, 2.75) is 0 Å². The first kappa shape index (κ1) is 22.1. The zero-order chi connectivity index (χ0) is 22.5. The number of ether oxygens (including phenoxy) is 3.